The first kappa shape index (κ1) is 10.7. The van der Waals surface area contributed by atoms with Crippen molar-refractivity contribution in [2.24, 2.45) is 0 Å². The molecule has 2 aromatic heterocycles. The lowest BCUT2D eigenvalue weighted by Crippen LogP contribution is -2.27. The Morgan fingerprint density at radius 3 is 3.19 bits per heavy atom. The van der Waals surface area contributed by atoms with Crippen molar-refractivity contribution in [3.63, 3.8) is 0 Å². The lowest BCUT2D eigenvalue weighted by atomic mass is 10.3. The second-order valence-corrected chi connectivity index (χ2v) is 4.22. The molecule has 0 saturated carbocycles. The van der Waals surface area contributed by atoms with Gasteiger partial charge in [-0.2, -0.15) is 5.21 Å². The van der Waals surface area contributed by atoms with E-state index in [-0.39, 0.29) is 5.91 Å². The van der Waals surface area contributed by atoms with Crippen molar-refractivity contribution in [1.29, 1.82) is 0 Å². The van der Waals surface area contributed by atoms with Crippen LogP contribution in [0.1, 0.15) is 10.7 Å². The Kier molecular flexibility index (Phi) is 3.60. The van der Waals surface area contributed by atoms with Crippen LogP contribution in [0, 0.1) is 0 Å². The molecule has 7 heteroatoms. The van der Waals surface area contributed by atoms with Crippen molar-refractivity contribution >= 4 is 17.2 Å². The second kappa shape index (κ2) is 5.36. The van der Waals surface area contributed by atoms with E-state index in [0.29, 0.717) is 25.2 Å². The van der Waals surface area contributed by atoms with Gasteiger partial charge in [0.2, 0.25) is 5.91 Å². The number of aromatic nitrogens is 4. The normalized spacial score (nSPS) is 10.2. The molecule has 0 atom stereocenters. The average Bonchev–Trinajstić information content (AvgIpc) is 2.90. The van der Waals surface area contributed by atoms with Crippen LogP contribution >= 0.6 is 11.3 Å². The van der Waals surface area contributed by atoms with Gasteiger partial charge in [-0.25, -0.2) is 0 Å². The molecule has 0 bridgehead atoms. The summed E-state index contributed by atoms with van der Waals surface area (Å²) in [4.78, 5) is 12.5. The molecule has 0 saturated heterocycles. The van der Waals surface area contributed by atoms with E-state index >= 15 is 0 Å². The summed E-state index contributed by atoms with van der Waals surface area (Å²) in [6.07, 6.45) is 1.02. The first-order chi connectivity index (χ1) is 7.84. The number of nitrogens with zero attached hydrogens (tertiary/aromatic N) is 3. The fourth-order valence-electron chi connectivity index (χ4n) is 1.24. The van der Waals surface area contributed by atoms with Gasteiger partial charge in [0, 0.05) is 17.8 Å². The number of tetrazole rings is 1. The molecule has 2 N–H and O–H groups in total. The van der Waals surface area contributed by atoms with Crippen molar-refractivity contribution in [1.82, 2.24) is 25.9 Å². The Morgan fingerprint density at radius 2 is 2.50 bits per heavy atom. The van der Waals surface area contributed by atoms with Crippen LogP contribution in [0.5, 0.6) is 0 Å². The van der Waals surface area contributed by atoms with E-state index in [1.807, 2.05) is 17.5 Å². The van der Waals surface area contributed by atoms with Crippen LogP contribution in [-0.4, -0.2) is 33.1 Å². The molecule has 0 radical (unpaired) electrons. The molecule has 0 aliphatic heterocycles. The summed E-state index contributed by atoms with van der Waals surface area (Å²) in [5.41, 5.74) is 0. The average molecular weight is 237 g/mol. The highest BCUT2D eigenvalue weighted by Crippen LogP contribution is 2.08. The summed E-state index contributed by atoms with van der Waals surface area (Å²) in [7, 11) is 0. The fourth-order valence-corrected chi connectivity index (χ4v) is 1.94. The zero-order chi connectivity index (χ0) is 11.2. The van der Waals surface area contributed by atoms with Gasteiger partial charge >= 0.3 is 0 Å². The van der Waals surface area contributed by atoms with Crippen LogP contribution in [-0.2, 0) is 17.6 Å². The molecule has 84 valence electrons. The smallest absolute Gasteiger partial charge is 0.225 e. The fraction of sp³-hybridized carbons (Fsp3) is 0.333. The third-order valence-electron chi connectivity index (χ3n) is 1.97. The number of nitrogens with one attached hydrogen (secondary N) is 2. The minimum atomic E-state index is 0.0194. The number of H-pyrrole nitrogens is 1. The highest BCUT2D eigenvalue weighted by Gasteiger charge is 2.04. The number of carbonyl (C=O) groups is 1. The Labute approximate surface area is 96.1 Å². The molecule has 0 aromatic carbocycles. The third kappa shape index (κ3) is 3.13. The van der Waals surface area contributed by atoms with Crippen molar-refractivity contribution in [3.8, 4) is 0 Å². The molecular weight excluding hydrogens is 226 g/mol. The van der Waals surface area contributed by atoms with Crippen molar-refractivity contribution in [2.45, 2.75) is 12.8 Å². The third-order valence-corrected chi connectivity index (χ3v) is 2.85. The van der Waals surface area contributed by atoms with E-state index in [0.717, 1.165) is 4.88 Å². The lowest BCUT2D eigenvalue weighted by molar-refractivity contribution is -0.120. The maximum Gasteiger partial charge on any atom is 0.225 e. The van der Waals surface area contributed by atoms with Gasteiger partial charge in [-0.1, -0.05) is 11.3 Å². The molecule has 0 aliphatic rings. The van der Waals surface area contributed by atoms with Gasteiger partial charge in [-0.3, -0.25) is 4.79 Å². The van der Waals surface area contributed by atoms with Gasteiger partial charge in [-0.05, 0) is 11.4 Å². The molecule has 2 heterocycles. The molecule has 0 spiro atoms. The topological polar surface area (TPSA) is 83.6 Å². The second-order valence-electron chi connectivity index (χ2n) is 3.18. The Hall–Kier alpha value is -1.76. The molecule has 16 heavy (non-hydrogen) atoms. The molecule has 2 aromatic rings. The number of thiophene rings is 1. The van der Waals surface area contributed by atoms with Crippen LogP contribution < -0.4 is 5.32 Å². The predicted octanol–water partition coefficient (Wildman–Crippen LogP) is 0.163. The van der Waals surface area contributed by atoms with Crippen LogP contribution in [0.25, 0.3) is 0 Å². The van der Waals surface area contributed by atoms with Crippen molar-refractivity contribution in [3.05, 3.63) is 28.2 Å². The monoisotopic (exact) mass is 237 g/mol. The largest absolute Gasteiger partial charge is 0.355 e. The summed E-state index contributed by atoms with van der Waals surface area (Å²) < 4.78 is 0. The Balaban J connectivity index is 1.68. The number of rotatable bonds is 5. The van der Waals surface area contributed by atoms with Gasteiger partial charge in [0.05, 0.1) is 6.42 Å². The van der Waals surface area contributed by atoms with E-state index in [1.165, 1.54) is 0 Å². The predicted molar refractivity (Wildman–Crippen MR) is 58.9 cm³/mol. The van der Waals surface area contributed by atoms with E-state index < -0.39 is 0 Å². The standard InChI is InChI=1S/C9H11N5OS/c15-9(6-7-2-1-5-16-7)10-4-3-8-11-13-14-12-8/h1-2,5H,3-4,6H2,(H,10,15)(H,11,12,13,14). The van der Waals surface area contributed by atoms with Crippen molar-refractivity contribution in [2.75, 3.05) is 6.54 Å². The number of amides is 1. The summed E-state index contributed by atoms with van der Waals surface area (Å²) in [5, 5.41) is 18.1. The quantitative estimate of drug-likeness (QED) is 0.776. The summed E-state index contributed by atoms with van der Waals surface area (Å²) in [6, 6.07) is 3.88. The summed E-state index contributed by atoms with van der Waals surface area (Å²) >= 11 is 1.58. The highest BCUT2D eigenvalue weighted by atomic mass is 32.1. The molecular formula is C9H11N5OS. The van der Waals surface area contributed by atoms with Gasteiger partial charge in [0.25, 0.3) is 0 Å². The molecule has 0 unspecified atom stereocenters. The number of hydrogen-bond acceptors (Lipinski definition) is 5. The Morgan fingerprint density at radius 1 is 1.56 bits per heavy atom. The summed E-state index contributed by atoms with van der Waals surface area (Å²) in [6.45, 7) is 0.531. The van der Waals surface area contributed by atoms with E-state index in [1.54, 1.807) is 11.3 Å². The van der Waals surface area contributed by atoms with Crippen LogP contribution in [0.4, 0.5) is 0 Å². The van der Waals surface area contributed by atoms with E-state index in [9.17, 15) is 4.79 Å². The van der Waals surface area contributed by atoms with Gasteiger partial charge in [0.15, 0.2) is 5.82 Å². The first-order valence-electron chi connectivity index (χ1n) is 4.86. The first-order valence-corrected chi connectivity index (χ1v) is 5.74. The van der Waals surface area contributed by atoms with E-state index in [4.69, 9.17) is 0 Å². The van der Waals surface area contributed by atoms with Gasteiger partial charge < -0.3 is 5.32 Å². The highest BCUT2D eigenvalue weighted by molar-refractivity contribution is 7.10. The molecule has 0 aliphatic carbocycles. The molecule has 0 fully saturated rings. The van der Waals surface area contributed by atoms with Gasteiger partial charge in [0.1, 0.15) is 0 Å². The zero-order valence-electron chi connectivity index (χ0n) is 8.51. The number of hydrogen-bond donors (Lipinski definition) is 2. The van der Waals surface area contributed by atoms with Crippen LogP contribution in [0.3, 0.4) is 0 Å². The number of aromatic amines is 1. The van der Waals surface area contributed by atoms with Crippen LogP contribution in [0.2, 0.25) is 0 Å². The SMILES string of the molecule is O=C(Cc1cccs1)NCCc1nn[nH]n1. The lowest BCUT2D eigenvalue weighted by Gasteiger charge is -2.01. The van der Waals surface area contributed by atoms with Gasteiger partial charge in [-0.15, -0.1) is 21.5 Å². The van der Waals surface area contributed by atoms with Crippen molar-refractivity contribution < 1.29 is 4.79 Å². The molecule has 6 nitrogen and oxygen atoms in total. The minimum absolute atomic E-state index is 0.0194. The molecule has 1 amide bonds. The number of carbonyl (C=O) groups excluding carboxylic acids is 1. The zero-order valence-corrected chi connectivity index (χ0v) is 9.33. The Bertz CT molecular complexity index is 425. The minimum Gasteiger partial charge on any atom is -0.355 e. The maximum atomic E-state index is 11.5. The van der Waals surface area contributed by atoms with E-state index in [2.05, 4.69) is 25.9 Å². The summed E-state index contributed by atoms with van der Waals surface area (Å²) in [5.74, 6) is 0.627. The van der Waals surface area contributed by atoms with Crippen LogP contribution in [0.15, 0.2) is 17.5 Å². The molecule has 2 rings (SSSR count). The maximum absolute atomic E-state index is 11.5.